The van der Waals surface area contributed by atoms with Crippen molar-refractivity contribution in [1.29, 1.82) is 10.8 Å². The lowest BCUT2D eigenvalue weighted by molar-refractivity contribution is 0.621. The van der Waals surface area contributed by atoms with Crippen molar-refractivity contribution in [3.8, 4) is 0 Å². The fourth-order valence-electron chi connectivity index (χ4n) is 1.18. The highest BCUT2D eigenvalue weighted by Gasteiger charge is 2.14. The molecule has 1 rings (SSSR count). The summed E-state index contributed by atoms with van der Waals surface area (Å²) in [5.74, 6) is 0. The van der Waals surface area contributed by atoms with E-state index in [-0.39, 0.29) is 6.04 Å². The number of nitrogens with one attached hydrogen (secondary N) is 2. The fraction of sp³-hybridized carbons (Fsp3) is 0.714. The second-order valence-corrected chi connectivity index (χ2v) is 2.81. The molecule has 1 aliphatic carbocycles. The van der Waals surface area contributed by atoms with Crippen LogP contribution in [-0.2, 0) is 0 Å². The molecule has 0 saturated heterocycles. The van der Waals surface area contributed by atoms with E-state index in [2.05, 4.69) is 0 Å². The van der Waals surface area contributed by atoms with Crippen molar-refractivity contribution in [2.75, 3.05) is 0 Å². The van der Waals surface area contributed by atoms with Crippen LogP contribution in [0.4, 0.5) is 0 Å². The van der Waals surface area contributed by atoms with Crippen molar-refractivity contribution >= 4 is 11.4 Å². The Bertz CT molecular complexity index is 162. The van der Waals surface area contributed by atoms with E-state index in [1.807, 2.05) is 0 Å². The predicted octanol–water partition coefficient (Wildman–Crippen LogP) is 0.927. The van der Waals surface area contributed by atoms with E-state index in [1.54, 1.807) is 0 Å². The Morgan fingerprint density at radius 2 is 2.00 bits per heavy atom. The maximum atomic E-state index is 7.36. The molecule has 1 atom stereocenters. The van der Waals surface area contributed by atoms with Crippen LogP contribution in [0.25, 0.3) is 0 Å². The van der Waals surface area contributed by atoms with Crippen molar-refractivity contribution in [3.05, 3.63) is 0 Å². The van der Waals surface area contributed by atoms with E-state index in [1.165, 1.54) is 0 Å². The quantitative estimate of drug-likeness (QED) is 0.429. The predicted molar refractivity (Wildman–Crippen MR) is 41.9 cm³/mol. The first-order chi connectivity index (χ1) is 4.70. The van der Waals surface area contributed by atoms with Crippen LogP contribution in [0.15, 0.2) is 0 Å². The zero-order valence-electron chi connectivity index (χ0n) is 5.98. The second-order valence-electron chi connectivity index (χ2n) is 2.81. The van der Waals surface area contributed by atoms with Crippen molar-refractivity contribution in [1.82, 2.24) is 0 Å². The van der Waals surface area contributed by atoms with Crippen LogP contribution in [0, 0.1) is 10.8 Å². The van der Waals surface area contributed by atoms with Crippen molar-refractivity contribution < 1.29 is 0 Å². The van der Waals surface area contributed by atoms with Gasteiger partial charge in [0.15, 0.2) is 0 Å². The van der Waals surface area contributed by atoms with Gasteiger partial charge >= 0.3 is 0 Å². The van der Waals surface area contributed by atoms with E-state index in [4.69, 9.17) is 16.6 Å². The summed E-state index contributed by atoms with van der Waals surface area (Å²) in [7, 11) is 0. The molecule has 1 saturated carbocycles. The number of hydrogen-bond acceptors (Lipinski definition) is 3. The Labute approximate surface area is 60.6 Å². The van der Waals surface area contributed by atoms with Gasteiger partial charge in [0.1, 0.15) is 0 Å². The number of nitrogens with two attached hydrogens (primary N) is 1. The van der Waals surface area contributed by atoms with Gasteiger partial charge in [-0.1, -0.05) is 0 Å². The molecule has 4 N–H and O–H groups in total. The Kier molecular flexibility index (Phi) is 2.17. The molecule has 0 spiro atoms. The SMILES string of the molecule is N=C1CCCC(N)CC1=N. The maximum absolute atomic E-state index is 7.36. The average molecular weight is 139 g/mol. The van der Waals surface area contributed by atoms with Gasteiger partial charge in [0, 0.05) is 12.5 Å². The molecule has 56 valence electrons. The lowest BCUT2D eigenvalue weighted by Crippen LogP contribution is -2.23. The fourth-order valence-corrected chi connectivity index (χ4v) is 1.18. The molecule has 1 aliphatic rings. The van der Waals surface area contributed by atoms with Gasteiger partial charge in [-0.05, 0) is 19.3 Å². The topological polar surface area (TPSA) is 73.7 Å². The van der Waals surface area contributed by atoms with Gasteiger partial charge in [-0.3, -0.25) is 0 Å². The third-order valence-electron chi connectivity index (χ3n) is 1.83. The molecule has 1 unspecified atom stereocenters. The minimum Gasteiger partial charge on any atom is -0.327 e. The summed E-state index contributed by atoms with van der Waals surface area (Å²) >= 11 is 0. The number of rotatable bonds is 0. The summed E-state index contributed by atoms with van der Waals surface area (Å²) in [5, 5.41) is 14.7. The van der Waals surface area contributed by atoms with E-state index in [9.17, 15) is 0 Å². The van der Waals surface area contributed by atoms with Crippen LogP contribution in [0.1, 0.15) is 25.7 Å². The molecular formula is C7H13N3. The van der Waals surface area contributed by atoms with Crippen molar-refractivity contribution in [2.24, 2.45) is 5.73 Å². The molecular weight excluding hydrogens is 126 g/mol. The van der Waals surface area contributed by atoms with Gasteiger partial charge in [-0.15, -0.1) is 0 Å². The first-order valence-electron chi connectivity index (χ1n) is 3.61. The Morgan fingerprint density at radius 3 is 2.70 bits per heavy atom. The molecule has 0 heterocycles. The minimum absolute atomic E-state index is 0.121. The van der Waals surface area contributed by atoms with Crippen molar-refractivity contribution in [2.45, 2.75) is 31.7 Å². The molecule has 0 aliphatic heterocycles. The summed E-state index contributed by atoms with van der Waals surface area (Å²) < 4.78 is 0. The van der Waals surface area contributed by atoms with E-state index >= 15 is 0 Å². The molecule has 0 aromatic carbocycles. The van der Waals surface area contributed by atoms with E-state index < -0.39 is 0 Å². The highest BCUT2D eigenvalue weighted by Crippen LogP contribution is 2.10. The monoisotopic (exact) mass is 139 g/mol. The van der Waals surface area contributed by atoms with Crippen LogP contribution in [0.3, 0.4) is 0 Å². The van der Waals surface area contributed by atoms with Gasteiger partial charge < -0.3 is 16.6 Å². The molecule has 3 heteroatoms. The third kappa shape index (κ3) is 1.64. The van der Waals surface area contributed by atoms with Gasteiger partial charge in [0.05, 0.1) is 11.4 Å². The van der Waals surface area contributed by atoms with Crippen LogP contribution in [0.2, 0.25) is 0 Å². The van der Waals surface area contributed by atoms with Gasteiger partial charge in [-0.2, -0.15) is 0 Å². The highest BCUT2D eigenvalue weighted by atomic mass is 14.7. The molecule has 0 aromatic heterocycles. The zero-order chi connectivity index (χ0) is 7.56. The molecule has 0 amide bonds. The Morgan fingerprint density at radius 1 is 1.30 bits per heavy atom. The summed E-state index contributed by atoms with van der Waals surface area (Å²) in [4.78, 5) is 0. The second kappa shape index (κ2) is 2.92. The lowest BCUT2D eigenvalue weighted by Gasteiger charge is -2.04. The molecule has 3 nitrogen and oxygen atoms in total. The average Bonchev–Trinajstić information content (AvgIpc) is 1.96. The first-order valence-corrected chi connectivity index (χ1v) is 3.61. The largest absolute Gasteiger partial charge is 0.327 e. The van der Waals surface area contributed by atoms with Gasteiger partial charge in [-0.25, -0.2) is 0 Å². The summed E-state index contributed by atoms with van der Waals surface area (Å²) in [6, 6.07) is 0.121. The highest BCUT2D eigenvalue weighted by molar-refractivity contribution is 6.40. The Hall–Kier alpha value is -0.700. The van der Waals surface area contributed by atoms with Crippen molar-refractivity contribution in [3.63, 3.8) is 0 Å². The normalized spacial score (nSPS) is 28.3. The molecule has 10 heavy (non-hydrogen) atoms. The smallest absolute Gasteiger partial charge is 0.0536 e. The maximum Gasteiger partial charge on any atom is 0.0536 e. The lowest BCUT2D eigenvalue weighted by atomic mass is 10.1. The molecule has 1 fully saturated rings. The summed E-state index contributed by atoms with van der Waals surface area (Å²) in [6.07, 6.45) is 3.28. The number of hydrogen-bond donors (Lipinski definition) is 3. The van der Waals surface area contributed by atoms with Crippen LogP contribution < -0.4 is 5.73 Å². The van der Waals surface area contributed by atoms with Crippen LogP contribution >= 0.6 is 0 Å². The first kappa shape index (κ1) is 7.41. The van der Waals surface area contributed by atoms with E-state index in [0.29, 0.717) is 17.8 Å². The molecule has 0 bridgehead atoms. The summed E-state index contributed by atoms with van der Waals surface area (Å²) in [5.41, 5.74) is 6.56. The van der Waals surface area contributed by atoms with E-state index in [0.717, 1.165) is 19.3 Å². The standard InChI is InChI=1S/C7H13N3/c8-5-2-1-3-6(9)7(10)4-5/h5,9-10H,1-4,8H2. The third-order valence-corrected chi connectivity index (χ3v) is 1.83. The summed E-state index contributed by atoms with van der Waals surface area (Å²) in [6.45, 7) is 0. The minimum atomic E-state index is 0.121. The van der Waals surface area contributed by atoms with Gasteiger partial charge in [0.2, 0.25) is 0 Å². The molecule has 0 aromatic rings. The van der Waals surface area contributed by atoms with Gasteiger partial charge in [0.25, 0.3) is 0 Å². The van der Waals surface area contributed by atoms with Crippen LogP contribution in [-0.4, -0.2) is 17.5 Å². The van der Waals surface area contributed by atoms with Crippen LogP contribution in [0.5, 0.6) is 0 Å². The Balaban J connectivity index is 2.57. The zero-order valence-corrected chi connectivity index (χ0v) is 5.98. The molecule has 0 radical (unpaired) electrons.